The molecule has 1 aliphatic carbocycles. The number of H-pyrrole nitrogens is 1. The molecule has 0 unspecified atom stereocenters. The number of aromatic amines is 1. The van der Waals surface area contributed by atoms with E-state index in [2.05, 4.69) is 58.7 Å². The number of hydrogen-bond acceptors (Lipinski definition) is 2. The van der Waals surface area contributed by atoms with Gasteiger partial charge in [-0.2, -0.15) is 9.49 Å². The first-order valence-corrected chi connectivity index (χ1v) is 11.6. The van der Waals surface area contributed by atoms with Gasteiger partial charge in [0, 0.05) is 0 Å². The fourth-order valence-corrected chi connectivity index (χ4v) is 4.64. The van der Waals surface area contributed by atoms with E-state index in [1.165, 1.54) is 17.6 Å². The first-order valence-electron chi connectivity index (χ1n) is 11.6. The van der Waals surface area contributed by atoms with Crippen LogP contribution in [0.4, 0.5) is 4.39 Å². The van der Waals surface area contributed by atoms with Gasteiger partial charge in [0.05, 0.1) is 10.9 Å². The molecule has 0 saturated heterocycles. The summed E-state index contributed by atoms with van der Waals surface area (Å²) in [6.07, 6.45) is 7.75. The average Bonchev–Trinajstić information content (AvgIpc) is 3.19. The Morgan fingerprint density at radius 1 is 1.00 bits per heavy atom. The second-order valence-electron chi connectivity index (χ2n) is 8.81. The Balaban J connectivity index is 1.67. The maximum atomic E-state index is 14.4. The zero-order valence-electron chi connectivity index (χ0n) is 18.9. The highest BCUT2D eigenvalue weighted by atomic mass is 19.1. The van der Waals surface area contributed by atoms with Gasteiger partial charge in [-0.15, -0.1) is 0 Å². The van der Waals surface area contributed by atoms with Crippen LogP contribution in [0.1, 0.15) is 41.5 Å². The minimum atomic E-state index is -0.409. The highest BCUT2D eigenvalue weighted by Crippen LogP contribution is 2.45. The molecular weight excluding hydrogens is 423 g/mol. The van der Waals surface area contributed by atoms with E-state index in [-0.39, 0.29) is 5.84 Å². The number of hydrogen-bond donors (Lipinski definition) is 3. The van der Waals surface area contributed by atoms with Crippen LogP contribution in [0.5, 0.6) is 0 Å². The molecule has 4 aromatic rings. The van der Waals surface area contributed by atoms with Gasteiger partial charge in [-0.25, -0.2) is 0 Å². The Kier molecular flexibility index (Phi) is 6.09. The summed E-state index contributed by atoms with van der Waals surface area (Å²) in [5, 5.41) is 14.4. The molecule has 1 saturated carbocycles. The SMILES string of the molecule is N=C(N)/C=C/Cc1ccc(/C(=C(\c2ccccc2)C2CCC2)c2ccc3n[nH]c(F)c3c2)cc1. The maximum Gasteiger partial charge on any atom is 0.216 e. The summed E-state index contributed by atoms with van der Waals surface area (Å²) in [4.78, 5) is 0. The van der Waals surface area contributed by atoms with Gasteiger partial charge in [-0.05, 0) is 76.8 Å². The van der Waals surface area contributed by atoms with Crippen molar-refractivity contribution in [3.05, 3.63) is 113 Å². The number of fused-ring (bicyclic) bond motifs is 1. The number of aromatic nitrogens is 2. The van der Waals surface area contributed by atoms with Crippen molar-refractivity contribution in [1.82, 2.24) is 10.2 Å². The average molecular weight is 451 g/mol. The summed E-state index contributed by atoms with van der Waals surface area (Å²) in [5.41, 5.74) is 13.0. The molecule has 34 heavy (non-hydrogen) atoms. The third-order valence-corrected chi connectivity index (χ3v) is 6.56. The lowest BCUT2D eigenvalue weighted by Crippen LogP contribution is -2.15. The molecule has 0 atom stereocenters. The van der Waals surface area contributed by atoms with Gasteiger partial charge in [0.25, 0.3) is 0 Å². The molecule has 1 heterocycles. The minimum absolute atomic E-state index is 0.0525. The highest BCUT2D eigenvalue weighted by Gasteiger charge is 2.27. The normalized spacial score (nSPS) is 14.9. The highest BCUT2D eigenvalue weighted by molar-refractivity contribution is 6.01. The summed E-state index contributed by atoms with van der Waals surface area (Å²) in [7, 11) is 0. The van der Waals surface area contributed by atoms with Crippen molar-refractivity contribution in [3.63, 3.8) is 0 Å². The summed E-state index contributed by atoms with van der Waals surface area (Å²) in [6.45, 7) is 0. The second-order valence-corrected chi connectivity index (χ2v) is 8.81. The van der Waals surface area contributed by atoms with Crippen LogP contribution in [0.3, 0.4) is 0 Å². The van der Waals surface area contributed by atoms with Gasteiger partial charge in [0.2, 0.25) is 5.95 Å². The zero-order valence-corrected chi connectivity index (χ0v) is 18.9. The molecule has 0 radical (unpaired) electrons. The van der Waals surface area contributed by atoms with Crippen molar-refractivity contribution in [2.75, 3.05) is 0 Å². The Morgan fingerprint density at radius 3 is 2.41 bits per heavy atom. The Bertz CT molecular complexity index is 1380. The van der Waals surface area contributed by atoms with Gasteiger partial charge in [-0.3, -0.25) is 10.5 Å². The third kappa shape index (κ3) is 4.42. The van der Waals surface area contributed by atoms with Gasteiger partial charge >= 0.3 is 0 Å². The molecule has 3 aromatic carbocycles. The van der Waals surface area contributed by atoms with E-state index < -0.39 is 5.95 Å². The van der Waals surface area contributed by atoms with Crippen LogP contribution in [0.15, 0.2) is 84.9 Å². The number of benzene rings is 3. The van der Waals surface area contributed by atoms with Crippen molar-refractivity contribution in [2.24, 2.45) is 11.7 Å². The first-order chi connectivity index (χ1) is 16.6. The number of rotatable bonds is 7. The summed E-state index contributed by atoms with van der Waals surface area (Å²) < 4.78 is 14.4. The molecule has 5 rings (SSSR count). The summed E-state index contributed by atoms with van der Waals surface area (Å²) in [5.74, 6) is 0.117. The third-order valence-electron chi connectivity index (χ3n) is 6.56. The number of amidine groups is 1. The molecule has 0 bridgehead atoms. The van der Waals surface area contributed by atoms with E-state index >= 15 is 0 Å². The van der Waals surface area contributed by atoms with Crippen LogP contribution in [0.2, 0.25) is 0 Å². The molecule has 0 spiro atoms. The number of halogens is 1. The molecule has 0 amide bonds. The Labute approximate surface area is 198 Å². The standard InChI is InChI=1S/C29H27FN4/c30-29-24-18-23(16-17-25(24)33-34-29)28(22-14-12-19(13-15-22)6-4-11-26(31)32)27(21-9-5-10-21)20-7-2-1-3-8-20/h1-4,7-8,11-18,21H,5-6,9-10H2,(H3,31,32)(H,33,34)/b11-4+,28-27-. The molecular formula is C29H27FN4. The summed E-state index contributed by atoms with van der Waals surface area (Å²) >= 11 is 0. The lowest BCUT2D eigenvalue weighted by Gasteiger charge is -2.31. The van der Waals surface area contributed by atoms with Gasteiger partial charge < -0.3 is 5.73 Å². The van der Waals surface area contributed by atoms with Crippen LogP contribution in [0.25, 0.3) is 22.0 Å². The number of allylic oxidation sites excluding steroid dienone is 2. The predicted octanol–water partition coefficient (Wildman–Crippen LogP) is 6.50. The number of nitrogens with one attached hydrogen (secondary N) is 2. The van der Waals surface area contributed by atoms with E-state index in [9.17, 15) is 4.39 Å². The molecule has 4 nitrogen and oxygen atoms in total. The number of nitrogens with two attached hydrogens (primary N) is 1. The van der Waals surface area contributed by atoms with E-state index in [1.807, 2.05) is 30.3 Å². The van der Waals surface area contributed by atoms with Crippen molar-refractivity contribution in [2.45, 2.75) is 25.7 Å². The molecule has 0 aliphatic heterocycles. The second kappa shape index (κ2) is 9.48. The largest absolute Gasteiger partial charge is 0.384 e. The van der Waals surface area contributed by atoms with Crippen LogP contribution < -0.4 is 5.73 Å². The molecule has 1 fully saturated rings. The molecule has 5 heteroatoms. The van der Waals surface area contributed by atoms with E-state index in [4.69, 9.17) is 11.1 Å². The monoisotopic (exact) mass is 450 g/mol. The smallest absolute Gasteiger partial charge is 0.216 e. The van der Waals surface area contributed by atoms with Gasteiger partial charge in [-0.1, -0.05) is 73.2 Å². The zero-order chi connectivity index (χ0) is 23.5. The Morgan fingerprint density at radius 2 is 1.74 bits per heavy atom. The molecule has 1 aliphatic rings. The first kappa shape index (κ1) is 21.8. The van der Waals surface area contributed by atoms with E-state index in [0.717, 1.165) is 35.1 Å². The molecule has 1 aromatic heterocycles. The van der Waals surface area contributed by atoms with E-state index in [1.54, 1.807) is 6.08 Å². The van der Waals surface area contributed by atoms with Crippen LogP contribution >= 0.6 is 0 Å². The fraction of sp³-hybridized carbons (Fsp3) is 0.172. The van der Waals surface area contributed by atoms with Crippen LogP contribution in [-0.2, 0) is 6.42 Å². The van der Waals surface area contributed by atoms with Gasteiger partial charge in [0.15, 0.2) is 0 Å². The van der Waals surface area contributed by atoms with Gasteiger partial charge in [0.1, 0.15) is 5.84 Å². The van der Waals surface area contributed by atoms with Crippen LogP contribution in [-0.4, -0.2) is 16.0 Å². The molecule has 4 N–H and O–H groups in total. The van der Waals surface area contributed by atoms with Crippen molar-refractivity contribution >= 4 is 27.9 Å². The van der Waals surface area contributed by atoms with Crippen molar-refractivity contribution < 1.29 is 4.39 Å². The lowest BCUT2D eigenvalue weighted by atomic mass is 9.73. The quantitative estimate of drug-likeness (QED) is 0.171. The van der Waals surface area contributed by atoms with Crippen molar-refractivity contribution in [1.29, 1.82) is 5.41 Å². The predicted molar refractivity (Wildman–Crippen MR) is 137 cm³/mol. The Hall–Kier alpha value is -3.99. The fourth-order valence-electron chi connectivity index (χ4n) is 4.64. The minimum Gasteiger partial charge on any atom is -0.384 e. The molecule has 170 valence electrons. The van der Waals surface area contributed by atoms with Crippen LogP contribution in [0, 0.1) is 17.3 Å². The van der Waals surface area contributed by atoms with Crippen molar-refractivity contribution in [3.8, 4) is 0 Å². The maximum absolute atomic E-state index is 14.4. The topological polar surface area (TPSA) is 78.6 Å². The lowest BCUT2D eigenvalue weighted by molar-refractivity contribution is 0.401. The van der Waals surface area contributed by atoms with E-state index in [0.29, 0.717) is 23.2 Å². The number of nitrogens with zero attached hydrogens (tertiary/aromatic N) is 1. The summed E-state index contributed by atoms with van der Waals surface area (Å²) in [6, 6.07) is 24.9.